The van der Waals surface area contributed by atoms with Crippen molar-refractivity contribution in [1.29, 1.82) is 0 Å². The summed E-state index contributed by atoms with van der Waals surface area (Å²) >= 11 is 0. The molecule has 54 heavy (non-hydrogen) atoms. The molecule has 0 fully saturated rings. The number of ether oxygens (including phenoxy) is 2. The molecule has 0 rings (SSSR count). The van der Waals surface area contributed by atoms with Crippen molar-refractivity contribution in [2.24, 2.45) is 5.73 Å². The van der Waals surface area contributed by atoms with Gasteiger partial charge in [0.2, 0.25) is 0 Å². The molecule has 310 valence electrons. The van der Waals surface area contributed by atoms with E-state index in [4.69, 9.17) is 24.3 Å². The molecule has 0 radical (unpaired) electrons. The number of allylic oxidation sites excluding steroid dienone is 14. The predicted octanol–water partition coefficient (Wildman–Crippen LogP) is 12.5. The summed E-state index contributed by atoms with van der Waals surface area (Å²) in [6.07, 6.45) is 53.1. The predicted molar refractivity (Wildman–Crippen MR) is 228 cm³/mol. The maximum atomic E-state index is 12.5. The van der Waals surface area contributed by atoms with Crippen molar-refractivity contribution < 1.29 is 32.8 Å². The van der Waals surface area contributed by atoms with Gasteiger partial charge in [-0.15, -0.1) is 0 Å². The van der Waals surface area contributed by atoms with Crippen LogP contribution in [0.5, 0.6) is 0 Å². The van der Waals surface area contributed by atoms with Crippen LogP contribution < -0.4 is 5.73 Å². The first-order chi connectivity index (χ1) is 26.4. The molecule has 9 heteroatoms. The van der Waals surface area contributed by atoms with E-state index >= 15 is 0 Å². The summed E-state index contributed by atoms with van der Waals surface area (Å²) in [4.78, 5) is 22.4. The number of carbonyl (C=O) groups excluding carboxylic acids is 1. The fourth-order valence-corrected chi connectivity index (χ4v) is 6.08. The summed E-state index contributed by atoms with van der Waals surface area (Å²) in [5, 5.41) is 0. The lowest BCUT2D eigenvalue weighted by molar-refractivity contribution is -0.154. The molecule has 0 aliphatic rings. The average Bonchev–Trinajstić information content (AvgIpc) is 3.16. The van der Waals surface area contributed by atoms with Crippen LogP contribution in [-0.4, -0.2) is 49.9 Å². The molecule has 0 aliphatic carbocycles. The minimum atomic E-state index is -4.29. The normalized spacial score (nSPS) is 14.4. The van der Waals surface area contributed by atoms with Gasteiger partial charge in [-0.2, -0.15) is 0 Å². The lowest BCUT2D eigenvalue weighted by Crippen LogP contribution is -2.28. The second-order valence-corrected chi connectivity index (χ2v) is 15.1. The van der Waals surface area contributed by atoms with Gasteiger partial charge in [-0.3, -0.25) is 13.8 Å². The molecule has 0 aromatic rings. The molecule has 0 saturated heterocycles. The van der Waals surface area contributed by atoms with E-state index in [0.29, 0.717) is 13.0 Å². The van der Waals surface area contributed by atoms with Crippen molar-refractivity contribution in [2.45, 2.75) is 161 Å². The van der Waals surface area contributed by atoms with Crippen molar-refractivity contribution in [1.82, 2.24) is 0 Å². The van der Waals surface area contributed by atoms with Crippen LogP contribution in [0.4, 0.5) is 0 Å². The maximum Gasteiger partial charge on any atom is 0.472 e. The number of hydrogen-bond acceptors (Lipinski definition) is 7. The van der Waals surface area contributed by atoms with Crippen LogP contribution in [0, 0.1) is 0 Å². The minimum absolute atomic E-state index is 0.0847. The molecule has 1 unspecified atom stereocenters. The molecule has 0 spiro atoms. The molecule has 0 saturated carbocycles. The Kier molecular flexibility index (Phi) is 40.0. The van der Waals surface area contributed by atoms with Crippen molar-refractivity contribution in [3.05, 3.63) is 85.1 Å². The lowest BCUT2D eigenvalue weighted by Gasteiger charge is -2.20. The highest BCUT2D eigenvalue weighted by atomic mass is 31.2. The number of esters is 1. The van der Waals surface area contributed by atoms with Crippen LogP contribution >= 0.6 is 7.82 Å². The van der Waals surface area contributed by atoms with E-state index in [1.165, 1.54) is 64.2 Å². The highest BCUT2D eigenvalue weighted by molar-refractivity contribution is 7.47. The van der Waals surface area contributed by atoms with E-state index in [-0.39, 0.29) is 32.3 Å². The molecular weight excluding hydrogens is 697 g/mol. The van der Waals surface area contributed by atoms with Gasteiger partial charge in [-0.05, 0) is 64.2 Å². The zero-order chi connectivity index (χ0) is 39.5. The van der Waals surface area contributed by atoms with Crippen molar-refractivity contribution in [2.75, 3.05) is 33.0 Å². The van der Waals surface area contributed by atoms with E-state index in [1.54, 1.807) is 0 Å². The third-order valence-corrected chi connectivity index (χ3v) is 9.43. The quantitative estimate of drug-likeness (QED) is 0.0208. The number of hydrogen-bond donors (Lipinski definition) is 2. The first-order valence-corrected chi connectivity index (χ1v) is 22.7. The Labute approximate surface area is 330 Å². The van der Waals surface area contributed by atoms with Crippen LogP contribution in [0.3, 0.4) is 0 Å². The smallest absolute Gasteiger partial charge is 0.457 e. The molecule has 0 aromatic carbocycles. The summed E-state index contributed by atoms with van der Waals surface area (Å²) in [5.41, 5.74) is 5.36. The average molecular weight is 776 g/mol. The molecule has 0 aromatic heterocycles. The van der Waals surface area contributed by atoms with E-state index in [2.05, 4.69) is 56.4 Å². The van der Waals surface area contributed by atoms with Crippen molar-refractivity contribution in [3.63, 3.8) is 0 Å². The number of phosphoric acid groups is 1. The molecule has 0 aliphatic heterocycles. The van der Waals surface area contributed by atoms with Gasteiger partial charge in [0.1, 0.15) is 6.10 Å². The molecule has 2 atom stereocenters. The largest absolute Gasteiger partial charge is 0.472 e. The first kappa shape index (κ1) is 51.7. The molecule has 3 N–H and O–H groups in total. The second-order valence-electron chi connectivity index (χ2n) is 13.6. The Bertz CT molecular complexity index is 1100. The number of phosphoric ester groups is 1. The number of nitrogens with two attached hydrogens (primary N) is 1. The molecule has 0 amide bonds. The highest BCUT2D eigenvalue weighted by Gasteiger charge is 2.25. The second kappa shape index (κ2) is 41.8. The van der Waals surface area contributed by atoms with Gasteiger partial charge in [0.05, 0.1) is 19.8 Å². The fraction of sp³-hybridized carbons (Fsp3) is 0.667. The van der Waals surface area contributed by atoms with E-state index in [9.17, 15) is 14.3 Å². The number of unbranched alkanes of at least 4 members (excludes halogenated alkanes) is 17. The zero-order valence-corrected chi connectivity index (χ0v) is 35.1. The molecule has 0 bridgehead atoms. The third-order valence-electron chi connectivity index (χ3n) is 8.45. The molecule has 8 nitrogen and oxygen atoms in total. The Morgan fingerprint density at radius 2 is 1.00 bits per heavy atom. The van der Waals surface area contributed by atoms with Gasteiger partial charge >= 0.3 is 13.8 Å². The SMILES string of the molecule is CCCCCC/C=C\CCCCCCCC(=O)O[C@H](COCCCCCC/C=C/C=C/C=C/C=C/C=C/C=C/CCCCCC)COP(=O)(O)OCCN. The fourth-order valence-electron chi connectivity index (χ4n) is 5.32. The van der Waals surface area contributed by atoms with Gasteiger partial charge < -0.3 is 20.1 Å². The monoisotopic (exact) mass is 776 g/mol. The van der Waals surface area contributed by atoms with Crippen LogP contribution in [0.1, 0.15) is 155 Å². The van der Waals surface area contributed by atoms with E-state index in [0.717, 1.165) is 70.6 Å². The van der Waals surface area contributed by atoms with Crippen molar-refractivity contribution >= 4 is 13.8 Å². The Hall–Kier alpha value is -2.32. The number of rotatable bonds is 39. The highest BCUT2D eigenvalue weighted by Crippen LogP contribution is 2.43. The van der Waals surface area contributed by atoms with Gasteiger partial charge in [0.15, 0.2) is 0 Å². The van der Waals surface area contributed by atoms with Crippen LogP contribution in [0.15, 0.2) is 85.1 Å². The van der Waals surface area contributed by atoms with Gasteiger partial charge in [0, 0.05) is 19.6 Å². The van der Waals surface area contributed by atoms with Gasteiger partial charge in [-0.1, -0.05) is 170 Å². The third kappa shape index (κ3) is 40.9. The minimum Gasteiger partial charge on any atom is -0.457 e. The van der Waals surface area contributed by atoms with Crippen LogP contribution in [-0.2, 0) is 27.9 Å². The van der Waals surface area contributed by atoms with E-state index < -0.39 is 13.9 Å². The Morgan fingerprint density at radius 3 is 1.52 bits per heavy atom. The Morgan fingerprint density at radius 1 is 0.556 bits per heavy atom. The summed E-state index contributed by atoms with van der Waals surface area (Å²) < 4.78 is 33.3. The first-order valence-electron chi connectivity index (χ1n) is 21.2. The topological polar surface area (TPSA) is 117 Å². The summed E-state index contributed by atoms with van der Waals surface area (Å²) in [5.74, 6) is -0.357. The van der Waals surface area contributed by atoms with Crippen LogP contribution in [0.25, 0.3) is 0 Å². The standard InChI is InChI=1S/C45H78NO7P/c1-3-5-7-9-11-13-15-17-18-19-20-21-22-23-24-25-27-29-31-33-35-37-40-50-42-44(43-52-54(48,49)51-41-39-46)53-45(47)38-36-34-32-30-28-26-16-14-12-10-8-6-4-2/h13-25,27,44H,3-12,26,28-43,46H2,1-2H3,(H,48,49)/b15-13+,16-14-,18-17+,20-19+,22-21+,24-23+,27-25+/t44-/m1/s1. The maximum absolute atomic E-state index is 12.5. The number of carbonyl (C=O) groups is 1. The zero-order valence-electron chi connectivity index (χ0n) is 34.2. The summed E-state index contributed by atoms with van der Waals surface area (Å²) in [7, 11) is -4.29. The van der Waals surface area contributed by atoms with Gasteiger partial charge in [-0.25, -0.2) is 4.57 Å². The summed E-state index contributed by atoms with van der Waals surface area (Å²) in [6.45, 7) is 4.75. The Balaban J connectivity index is 4.18. The lowest BCUT2D eigenvalue weighted by atomic mass is 10.1. The van der Waals surface area contributed by atoms with E-state index in [1.807, 2.05) is 42.5 Å². The molecular formula is C45H78NO7P. The van der Waals surface area contributed by atoms with Gasteiger partial charge in [0.25, 0.3) is 0 Å². The molecule has 0 heterocycles. The van der Waals surface area contributed by atoms with Crippen molar-refractivity contribution in [3.8, 4) is 0 Å². The summed E-state index contributed by atoms with van der Waals surface area (Å²) in [6, 6.07) is 0. The van der Waals surface area contributed by atoms with Crippen LogP contribution in [0.2, 0.25) is 0 Å².